The minimum absolute atomic E-state index is 0.214. The zero-order valence-electron chi connectivity index (χ0n) is 15.2. The van der Waals surface area contributed by atoms with Crippen molar-refractivity contribution in [2.75, 3.05) is 6.61 Å². The van der Waals surface area contributed by atoms with E-state index in [0.29, 0.717) is 23.4 Å². The van der Waals surface area contributed by atoms with Crippen LogP contribution in [0, 0.1) is 5.82 Å². The third kappa shape index (κ3) is 4.94. The van der Waals surface area contributed by atoms with E-state index in [2.05, 4.69) is 17.2 Å². The molecule has 0 atom stereocenters. The number of nitrogens with one attached hydrogen (secondary N) is 1. The van der Waals surface area contributed by atoms with Crippen molar-refractivity contribution in [1.82, 2.24) is 14.9 Å². The molecule has 1 amide bonds. The van der Waals surface area contributed by atoms with E-state index in [4.69, 9.17) is 4.74 Å². The second-order valence-corrected chi connectivity index (χ2v) is 6.16. The van der Waals surface area contributed by atoms with E-state index in [1.54, 1.807) is 53.4 Å². The molecule has 0 unspecified atom stereocenters. The normalized spacial score (nSPS) is 10.6. The van der Waals surface area contributed by atoms with Crippen LogP contribution in [0.1, 0.15) is 35.7 Å². The number of carbonyl (C=O) groups is 1. The van der Waals surface area contributed by atoms with Crippen LogP contribution >= 0.6 is 0 Å². The molecule has 0 aliphatic heterocycles. The second-order valence-electron chi connectivity index (χ2n) is 6.16. The number of aromatic nitrogens is 2. The van der Waals surface area contributed by atoms with Crippen LogP contribution in [0.25, 0.3) is 5.69 Å². The van der Waals surface area contributed by atoms with Gasteiger partial charge in [-0.15, -0.1) is 0 Å². The van der Waals surface area contributed by atoms with E-state index in [0.717, 1.165) is 18.6 Å². The van der Waals surface area contributed by atoms with Gasteiger partial charge in [0.05, 0.1) is 18.6 Å². The summed E-state index contributed by atoms with van der Waals surface area (Å²) in [5.74, 6) is 0.166. The molecule has 0 saturated carbocycles. The van der Waals surface area contributed by atoms with Crippen molar-refractivity contribution >= 4 is 5.91 Å². The molecule has 3 aromatic rings. The highest BCUT2D eigenvalue weighted by Crippen LogP contribution is 2.16. The van der Waals surface area contributed by atoms with Crippen LogP contribution in [0.15, 0.2) is 61.2 Å². The van der Waals surface area contributed by atoms with Crippen molar-refractivity contribution in [3.63, 3.8) is 0 Å². The Balaban J connectivity index is 1.56. The lowest BCUT2D eigenvalue weighted by Gasteiger charge is -2.09. The molecule has 1 heterocycles. The molecule has 3 rings (SSSR count). The summed E-state index contributed by atoms with van der Waals surface area (Å²) < 4.78 is 21.4. The highest BCUT2D eigenvalue weighted by atomic mass is 19.1. The predicted molar refractivity (Wildman–Crippen MR) is 102 cm³/mol. The highest BCUT2D eigenvalue weighted by Gasteiger charge is 2.08. The molecular weight excluding hydrogens is 345 g/mol. The van der Waals surface area contributed by atoms with Gasteiger partial charge in [-0.2, -0.15) is 0 Å². The van der Waals surface area contributed by atoms with Crippen molar-refractivity contribution in [2.45, 2.75) is 26.3 Å². The maximum absolute atomic E-state index is 14.3. The summed E-state index contributed by atoms with van der Waals surface area (Å²) >= 11 is 0. The molecule has 1 N–H and O–H groups in total. The van der Waals surface area contributed by atoms with Crippen molar-refractivity contribution in [3.05, 3.63) is 78.1 Å². The van der Waals surface area contributed by atoms with Crippen molar-refractivity contribution in [1.29, 1.82) is 0 Å². The maximum atomic E-state index is 14.3. The minimum atomic E-state index is -0.367. The molecule has 1 aromatic heterocycles. The first-order valence-electron chi connectivity index (χ1n) is 8.95. The van der Waals surface area contributed by atoms with E-state index in [1.807, 2.05) is 0 Å². The Morgan fingerprint density at radius 2 is 2.04 bits per heavy atom. The van der Waals surface area contributed by atoms with Gasteiger partial charge >= 0.3 is 0 Å². The van der Waals surface area contributed by atoms with Crippen LogP contribution < -0.4 is 10.1 Å². The Morgan fingerprint density at radius 3 is 2.70 bits per heavy atom. The standard InChI is InChI=1S/C21H22FN3O2/c1-2-3-12-27-18-7-5-17(6-8-18)21(26)24-14-16-4-9-20(19(22)13-16)25-11-10-23-15-25/h4-11,13,15H,2-3,12,14H2,1H3,(H,24,26). The van der Waals surface area contributed by atoms with Crippen LogP contribution in [0.2, 0.25) is 0 Å². The molecule has 0 spiro atoms. The number of unbranched alkanes of at least 4 members (excludes halogenated alkanes) is 1. The number of benzene rings is 2. The Labute approximate surface area is 157 Å². The Bertz CT molecular complexity index is 877. The van der Waals surface area contributed by atoms with E-state index in [-0.39, 0.29) is 18.3 Å². The summed E-state index contributed by atoms with van der Waals surface area (Å²) in [5.41, 5.74) is 1.64. The molecule has 6 heteroatoms. The van der Waals surface area contributed by atoms with Crippen molar-refractivity contribution in [3.8, 4) is 11.4 Å². The number of imidazole rings is 1. The average molecular weight is 367 g/mol. The van der Waals surface area contributed by atoms with Gasteiger partial charge < -0.3 is 14.6 Å². The smallest absolute Gasteiger partial charge is 0.251 e. The van der Waals surface area contributed by atoms with Crippen molar-refractivity contribution < 1.29 is 13.9 Å². The van der Waals surface area contributed by atoms with Gasteiger partial charge in [0.15, 0.2) is 0 Å². The zero-order chi connectivity index (χ0) is 19.1. The SMILES string of the molecule is CCCCOc1ccc(C(=O)NCc2ccc(-n3ccnc3)c(F)c2)cc1. The van der Waals surface area contributed by atoms with Gasteiger partial charge in [-0.25, -0.2) is 9.37 Å². The first-order chi connectivity index (χ1) is 13.2. The lowest BCUT2D eigenvalue weighted by atomic mass is 10.1. The summed E-state index contributed by atoms with van der Waals surface area (Å²) in [7, 11) is 0. The maximum Gasteiger partial charge on any atom is 0.251 e. The summed E-state index contributed by atoms with van der Waals surface area (Å²) in [6.07, 6.45) is 6.88. The Morgan fingerprint density at radius 1 is 1.22 bits per heavy atom. The summed E-state index contributed by atoms with van der Waals surface area (Å²) in [6.45, 7) is 3.02. The first kappa shape index (κ1) is 18.6. The number of amides is 1. The third-order valence-corrected chi connectivity index (χ3v) is 4.13. The van der Waals surface area contributed by atoms with E-state index < -0.39 is 0 Å². The second kappa shape index (κ2) is 8.98. The molecular formula is C21H22FN3O2. The summed E-state index contributed by atoms with van der Waals surface area (Å²) in [5, 5.41) is 2.80. The fourth-order valence-electron chi connectivity index (χ4n) is 2.59. The van der Waals surface area contributed by atoms with Gasteiger partial charge in [0, 0.05) is 24.5 Å². The van der Waals surface area contributed by atoms with Gasteiger partial charge in [-0.1, -0.05) is 19.4 Å². The fourth-order valence-corrected chi connectivity index (χ4v) is 2.59. The van der Waals surface area contributed by atoms with Gasteiger partial charge in [-0.05, 0) is 48.4 Å². The Kier molecular flexibility index (Phi) is 6.20. The average Bonchev–Trinajstić information content (AvgIpc) is 3.21. The summed E-state index contributed by atoms with van der Waals surface area (Å²) in [6, 6.07) is 11.9. The molecule has 0 fully saturated rings. The molecule has 0 saturated heterocycles. The lowest BCUT2D eigenvalue weighted by Crippen LogP contribution is -2.22. The number of hydrogen-bond acceptors (Lipinski definition) is 3. The largest absolute Gasteiger partial charge is 0.494 e. The number of ether oxygens (including phenoxy) is 1. The number of rotatable bonds is 8. The number of carbonyl (C=O) groups excluding carboxylic acids is 1. The summed E-state index contributed by atoms with van der Waals surface area (Å²) in [4.78, 5) is 16.2. The number of nitrogens with zero attached hydrogens (tertiary/aromatic N) is 2. The first-order valence-corrected chi connectivity index (χ1v) is 8.95. The number of halogens is 1. The van der Waals surface area contributed by atoms with Crippen LogP contribution in [0.4, 0.5) is 4.39 Å². The molecule has 2 aromatic carbocycles. The van der Waals surface area contributed by atoms with Crippen LogP contribution in [0.5, 0.6) is 5.75 Å². The van der Waals surface area contributed by atoms with Crippen LogP contribution in [-0.2, 0) is 6.54 Å². The topological polar surface area (TPSA) is 56.1 Å². The molecule has 0 aliphatic rings. The zero-order valence-corrected chi connectivity index (χ0v) is 15.2. The molecule has 0 bridgehead atoms. The number of hydrogen-bond donors (Lipinski definition) is 1. The third-order valence-electron chi connectivity index (χ3n) is 4.13. The molecule has 27 heavy (non-hydrogen) atoms. The van der Waals surface area contributed by atoms with Gasteiger partial charge in [0.1, 0.15) is 11.6 Å². The predicted octanol–water partition coefficient (Wildman–Crippen LogP) is 4.12. The van der Waals surface area contributed by atoms with Gasteiger partial charge in [-0.3, -0.25) is 4.79 Å². The molecule has 0 aliphatic carbocycles. The quantitative estimate of drug-likeness (QED) is 0.609. The van der Waals surface area contributed by atoms with Crippen LogP contribution in [0.3, 0.4) is 0 Å². The molecule has 0 radical (unpaired) electrons. The van der Waals surface area contributed by atoms with Crippen LogP contribution in [-0.4, -0.2) is 22.1 Å². The van der Waals surface area contributed by atoms with E-state index in [1.165, 1.54) is 12.4 Å². The fraction of sp³-hybridized carbons (Fsp3) is 0.238. The van der Waals surface area contributed by atoms with E-state index >= 15 is 0 Å². The van der Waals surface area contributed by atoms with Crippen molar-refractivity contribution in [2.24, 2.45) is 0 Å². The highest BCUT2D eigenvalue weighted by molar-refractivity contribution is 5.94. The monoisotopic (exact) mass is 367 g/mol. The Hall–Kier alpha value is -3.15. The van der Waals surface area contributed by atoms with E-state index in [9.17, 15) is 9.18 Å². The minimum Gasteiger partial charge on any atom is -0.494 e. The molecule has 5 nitrogen and oxygen atoms in total. The van der Waals surface area contributed by atoms with Gasteiger partial charge in [0.2, 0.25) is 0 Å². The molecule has 140 valence electrons. The van der Waals surface area contributed by atoms with Gasteiger partial charge in [0.25, 0.3) is 5.91 Å². The lowest BCUT2D eigenvalue weighted by molar-refractivity contribution is 0.0951.